The standard InChI is InChI=1S/C10H16ClNS/c1-7(2)3-4-8(12)9-5-6-10(11)13-9/h5-8H,3-4,12H2,1-2H3/t8-/m1/s1. The van der Waals surface area contributed by atoms with Gasteiger partial charge in [0.15, 0.2) is 0 Å². The summed E-state index contributed by atoms with van der Waals surface area (Å²) in [6, 6.07) is 4.11. The summed E-state index contributed by atoms with van der Waals surface area (Å²) in [6.45, 7) is 4.43. The third-order valence-corrected chi connectivity index (χ3v) is 3.38. The lowest BCUT2D eigenvalue weighted by Crippen LogP contribution is -2.09. The highest BCUT2D eigenvalue weighted by molar-refractivity contribution is 7.16. The molecule has 0 saturated heterocycles. The molecular weight excluding hydrogens is 202 g/mol. The molecule has 1 rings (SSSR count). The number of rotatable bonds is 4. The molecule has 1 heterocycles. The zero-order chi connectivity index (χ0) is 9.84. The van der Waals surface area contributed by atoms with Crippen LogP contribution in [0.15, 0.2) is 12.1 Å². The fraction of sp³-hybridized carbons (Fsp3) is 0.600. The van der Waals surface area contributed by atoms with Gasteiger partial charge in [-0.1, -0.05) is 25.4 Å². The fourth-order valence-electron chi connectivity index (χ4n) is 1.18. The molecule has 0 aliphatic heterocycles. The molecule has 3 heteroatoms. The van der Waals surface area contributed by atoms with Gasteiger partial charge >= 0.3 is 0 Å². The summed E-state index contributed by atoms with van der Waals surface area (Å²) in [7, 11) is 0. The van der Waals surface area contributed by atoms with Crippen molar-refractivity contribution in [3.63, 3.8) is 0 Å². The van der Waals surface area contributed by atoms with E-state index in [-0.39, 0.29) is 6.04 Å². The molecule has 0 saturated carbocycles. The summed E-state index contributed by atoms with van der Waals surface area (Å²) in [6.07, 6.45) is 2.23. The first-order valence-electron chi connectivity index (χ1n) is 4.60. The summed E-state index contributed by atoms with van der Waals surface area (Å²) in [5, 5.41) is 0. The highest BCUT2D eigenvalue weighted by atomic mass is 35.5. The molecule has 1 nitrogen and oxygen atoms in total. The van der Waals surface area contributed by atoms with Crippen molar-refractivity contribution in [2.45, 2.75) is 32.7 Å². The average Bonchev–Trinajstić information content (AvgIpc) is 2.47. The van der Waals surface area contributed by atoms with Crippen LogP contribution in [0.5, 0.6) is 0 Å². The predicted molar refractivity (Wildman–Crippen MR) is 60.3 cm³/mol. The van der Waals surface area contributed by atoms with Crippen LogP contribution in [0.25, 0.3) is 0 Å². The molecule has 0 radical (unpaired) electrons. The van der Waals surface area contributed by atoms with Gasteiger partial charge in [-0.3, -0.25) is 0 Å². The molecular formula is C10H16ClNS. The van der Waals surface area contributed by atoms with E-state index >= 15 is 0 Å². The van der Waals surface area contributed by atoms with Crippen molar-refractivity contribution in [1.82, 2.24) is 0 Å². The Labute approximate surface area is 88.9 Å². The van der Waals surface area contributed by atoms with E-state index in [1.807, 2.05) is 12.1 Å². The third kappa shape index (κ3) is 3.67. The Morgan fingerprint density at radius 3 is 2.54 bits per heavy atom. The van der Waals surface area contributed by atoms with Gasteiger partial charge in [-0.25, -0.2) is 0 Å². The van der Waals surface area contributed by atoms with Gasteiger partial charge < -0.3 is 5.73 Å². The second-order valence-electron chi connectivity index (χ2n) is 3.72. The lowest BCUT2D eigenvalue weighted by Gasteiger charge is -2.10. The van der Waals surface area contributed by atoms with Crippen LogP contribution < -0.4 is 5.73 Å². The van der Waals surface area contributed by atoms with Gasteiger partial charge in [0.2, 0.25) is 0 Å². The predicted octanol–water partition coefficient (Wildman–Crippen LogP) is 3.84. The van der Waals surface area contributed by atoms with E-state index in [1.54, 1.807) is 11.3 Å². The number of hydrogen-bond donors (Lipinski definition) is 1. The monoisotopic (exact) mass is 217 g/mol. The molecule has 0 spiro atoms. The normalized spacial score (nSPS) is 13.6. The Morgan fingerprint density at radius 1 is 1.38 bits per heavy atom. The summed E-state index contributed by atoms with van der Waals surface area (Å²) in [4.78, 5) is 1.20. The molecule has 0 aromatic carbocycles. The summed E-state index contributed by atoms with van der Waals surface area (Å²) < 4.78 is 0.829. The largest absolute Gasteiger partial charge is 0.323 e. The van der Waals surface area contributed by atoms with Gasteiger partial charge in [-0.15, -0.1) is 11.3 Å². The maximum Gasteiger partial charge on any atom is 0.0931 e. The van der Waals surface area contributed by atoms with Crippen LogP contribution >= 0.6 is 22.9 Å². The van der Waals surface area contributed by atoms with E-state index < -0.39 is 0 Å². The highest BCUT2D eigenvalue weighted by Gasteiger charge is 2.08. The molecule has 1 atom stereocenters. The minimum absolute atomic E-state index is 0.167. The second kappa shape index (κ2) is 4.99. The fourth-order valence-corrected chi connectivity index (χ4v) is 2.28. The van der Waals surface area contributed by atoms with E-state index in [1.165, 1.54) is 11.3 Å². The molecule has 1 aromatic heterocycles. The Morgan fingerprint density at radius 2 is 2.08 bits per heavy atom. The molecule has 13 heavy (non-hydrogen) atoms. The van der Waals surface area contributed by atoms with Crippen LogP contribution in [0, 0.1) is 5.92 Å². The molecule has 0 bridgehead atoms. The minimum Gasteiger partial charge on any atom is -0.323 e. The smallest absolute Gasteiger partial charge is 0.0931 e. The van der Waals surface area contributed by atoms with Gasteiger partial charge in [0.25, 0.3) is 0 Å². The van der Waals surface area contributed by atoms with Crippen molar-refractivity contribution in [2.24, 2.45) is 11.7 Å². The van der Waals surface area contributed by atoms with Crippen LogP contribution in [0.2, 0.25) is 4.34 Å². The first-order valence-corrected chi connectivity index (χ1v) is 5.80. The van der Waals surface area contributed by atoms with Crippen LogP contribution in [0.1, 0.15) is 37.6 Å². The summed E-state index contributed by atoms with van der Waals surface area (Å²) in [5.41, 5.74) is 6.01. The van der Waals surface area contributed by atoms with E-state index in [0.29, 0.717) is 0 Å². The zero-order valence-electron chi connectivity index (χ0n) is 8.09. The molecule has 2 N–H and O–H groups in total. The first-order chi connectivity index (χ1) is 6.09. The van der Waals surface area contributed by atoms with Gasteiger partial charge in [0.1, 0.15) is 0 Å². The molecule has 0 aliphatic carbocycles. The van der Waals surface area contributed by atoms with Gasteiger partial charge in [0.05, 0.1) is 4.34 Å². The van der Waals surface area contributed by atoms with Crippen molar-refractivity contribution < 1.29 is 0 Å². The maximum absolute atomic E-state index is 6.01. The van der Waals surface area contributed by atoms with Crippen molar-refractivity contribution in [3.05, 3.63) is 21.3 Å². The topological polar surface area (TPSA) is 26.0 Å². The van der Waals surface area contributed by atoms with E-state index in [0.717, 1.165) is 16.7 Å². The number of thiophene rings is 1. The SMILES string of the molecule is CC(C)CC[C@@H](N)c1ccc(Cl)s1. The van der Waals surface area contributed by atoms with Crippen LogP contribution in [0.3, 0.4) is 0 Å². The molecule has 0 aliphatic rings. The zero-order valence-corrected chi connectivity index (χ0v) is 9.66. The van der Waals surface area contributed by atoms with E-state index in [2.05, 4.69) is 13.8 Å². The van der Waals surface area contributed by atoms with Crippen molar-refractivity contribution >= 4 is 22.9 Å². The van der Waals surface area contributed by atoms with E-state index in [9.17, 15) is 0 Å². The quantitative estimate of drug-likeness (QED) is 0.815. The Hall–Kier alpha value is -0.0500. The summed E-state index contributed by atoms with van der Waals surface area (Å²) >= 11 is 7.42. The van der Waals surface area contributed by atoms with Crippen LogP contribution in [-0.2, 0) is 0 Å². The number of hydrogen-bond acceptors (Lipinski definition) is 2. The first kappa shape index (κ1) is 11.0. The maximum atomic E-state index is 6.01. The Bertz CT molecular complexity index is 257. The minimum atomic E-state index is 0.167. The van der Waals surface area contributed by atoms with Crippen molar-refractivity contribution in [3.8, 4) is 0 Å². The van der Waals surface area contributed by atoms with E-state index in [4.69, 9.17) is 17.3 Å². The molecule has 1 aromatic rings. The number of halogens is 1. The third-order valence-electron chi connectivity index (χ3n) is 2.01. The number of nitrogens with two attached hydrogens (primary N) is 1. The van der Waals surface area contributed by atoms with Crippen molar-refractivity contribution in [2.75, 3.05) is 0 Å². The van der Waals surface area contributed by atoms with Crippen molar-refractivity contribution in [1.29, 1.82) is 0 Å². The molecule has 0 unspecified atom stereocenters. The molecule has 0 amide bonds. The lowest BCUT2D eigenvalue weighted by atomic mass is 10.0. The van der Waals surface area contributed by atoms with Crippen LogP contribution in [0.4, 0.5) is 0 Å². The second-order valence-corrected chi connectivity index (χ2v) is 5.47. The van der Waals surface area contributed by atoms with Gasteiger partial charge in [0, 0.05) is 10.9 Å². The Balaban J connectivity index is 2.44. The van der Waals surface area contributed by atoms with Gasteiger partial charge in [-0.05, 0) is 30.9 Å². The van der Waals surface area contributed by atoms with Gasteiger partial charge in [-0.2, -0.15) is 0 Å². The highest BCUT2D eigenvalue weighted by Crippen LogP contribution is 2.28. The molecule has 74 valence electrons. The van der Waals surface area contributed by atoms with Crippen LogP contribution in [-0.4, -0.2) is 0 Å². The Kier molecular flexibility index (Phi) is 4.23. The molecule has 0 fully saturated rings. The summed E-state index contributed by atoms with van der Waals surface area (Å²) in [5.74, 6) is 0.724. The average molecular weight is 218 g/mol. The lowest BCUT2D eigenvalue weighted by molar-refractivity contribution is 0.510.